The van der Waals surface area contributed by atoms with E-state index in [0.717, 1.165) is 79.6 Å². The molecule has 460 valence electrons. The SMILES string of the molecule is COC(=O)[C@H]1[C@H]2C[C@@H]3c4[nH]c5cc(OC)ccc5c4CCN3C[C@H]2C[C@@H](OC(=O)c2cc(OC)c(OC)c(OC)c2)[C@@H]1OC.O=C(c1cccs1)N1CCN(c2ccc(NCc3cn(C(c4ccccc4)(c4ccccc4)c4ccccc4)cn3)cc2)CC1. The Morgan fingerprint density at radius 2 is 1.37 bits per heavy atom. The lowest BCUT2D eigenvalue weighted by atomic mass is 9.63. The number of amides is 1. The first-order chi connectivity index (χ1) is 43.6. The summed E-state index contributed by atoms with van der Waals surface area (Å²) in [4.78, 5) is 55.8. The highest BCUT2D eigenvalue weighted by Crippen LogP contribution is 2.51. The Morgan fingerprint density at radius 3 is 1.96 bits per heavy atom. The molecular formula is C71H75N7O10S. The number of imidazole rings is 1. The van der Waals surface area contributed by atoms with E-state index in [0.29, 0.717) is 30.2 Å². The highest BCUT2D eigenvalue weighted by Gasteiger charge is 2.55. The van der Waals surface area contributed by atoms with Crippen molar-refractivity contribution in [2.24, 2.45) is 17.8 Å². The second-order valence-corrected chi connectivity index (χ2v) is 23.9. The Labute approximate surface area is 523 Å². The van der Waals surface area contributed by atoms with Crippen LogP contribution < -0.4 is 29.2 Å². The lowest BCUT2D eigenvalue weighted by Crippen LogP contribution is -2.58. The van der Waals surface area contributed by atoms with Crippen molar-refractivity contribution >= 4 is 51.5 Å². The van der Waals surface area contributed by atoms with Gasteiger partial charge in [-0.3, -0.25) is 14.5 Å². The molecule has 6 heterocycles. The molecule has 18 heteroatoms. The van der Waals surface area contributed by atoms with E-state index in [2.05, 4.69) is 152 Å². The summed E-state index contributed by atoms with van der Waals surface area (Å²) < 4.78 is 41.4. The molecule has 1 aliphatic carbocycles. The number of fused-ring (bicyclic) bond motifs is 6. The molecule has 1 saturated carbocycles. The number of methoxy groups -OCH3 is 6. The summed E-state index contributed by atoms with van der Waals surface area (Å²) in [5.41, 5.74) is 9.94. The predicted molar refractivity (Wildman–Crippen MR) is 344 cm³/mol. The summed E-state index contributed by atoms with van der Waals surface area (Å²) >= 11 is 1.51. The molecule has 3 fully saturated rings. The molecule has 2 saturated heterocycles. The Bertz CT molecular complexity index is 3750. The summed E-state index contributed by atoms with van der Waals surface area (Å²) in [5, 5.41) is 6.74. The van der Waals surface area contributed by atoms with Crippen LogP contribution in [0.3, 0.4) is 0 Å². The monoisotopic (exact) mass is 1220 g/mol. The van der Waals surface area contributed by atoms with Crippen molar-refractivity contribution in [3.8, 4) is 23.0 Å². The fourth-order valence-corrected chi connectivity index (χ4v) is 14.8. The van der Waals surface area contributed by atoms with Crippen LogP contribution in [-0.2, 0) is 37.5 Å². The zero-order valence-corrected chi connectivity index (χ0v) is 51.8. The molecule has 9 aromatic rings. The molecule has 3 aromatic heterocycles. The number of piperazine rings is 1. The summed E-state index contributed by atoms with van der Waals surface area (Å²) in [6.45, 7) is 5.40. The van der Waals surface area contributed by atoms with Crippen molar-refractivity contribution in [1.82, 2.24) is 24.3 Å². The Kier molecular flexibility index (Phi) is 18.1. The third-order valence-electron chi connectivity index (χ3n) is 18.4. The number of rotatable bonds is 17. The van der Waals surface area contributed by atoms with Crippen LogP contribution in [0, 0.1) is 17.8 Å². The number of ether oxygens (including phenoxy) is 7. The van der Waals surface area contributed by atoms with Gasteiger partial charge in [0.05, 0.1) is 76.5 Å². The maximum absolute atomic E-state index is 13.5. The van der Waals surface area contributed by atoms with Gasteiger partial charge in [0, 0.05) is 86.6 Å². The van der Waals surface area contributed by atoms with Crippen LogP contribution in [0.5, 0.6) is 23.0 Å². The van der Waals surface area contributed by atoms with E-state index in [9.17, 15) is 14.4 Å². The third kappa shape index (κ3) is 11.9. The summed E-state index contributed by atoms with van der Waals surface area (Å²) in [6, 6.07) is 53.8. The minimum atomic E-state index is -0.670. The van der Waals surface area contributed by atoms with Crippen molar-refractivity contribution in [2.45, 2.75) is 49.6 Å². The Balaban J connectivity index is 0.000000173. The molecule has 0 radical (unpaired) electrons. The van der Waals surface area contributed by atoms with Gasteiger partial charge in [0.2, 0.25) is 5.75 Å². The Morgan fingerprint density at radius 1 is 0.708 bits per heavy atom. The average molecular weight is 1220 g/mol. The molecule has 3 aliphatic heterocycles. The van der Waals surface area contributed by atoms with Crippen molar-refractivity contribution in [3.05, 3.63) is 220 Å². The number of carbonyl (C=O) groups is 3. The molecule has 0 unspecified atom stereocenters. The van der Waals surface area contributed by atoms with Gasteiger partial charge in [-0.1, -0.05) is 97.1 Å². The van der Waals surface area contributed by atoms with Crippen molar-refractivity contribution in [3.63, 3.8) is 0 Å². The first kappa shape index (κ1) is 60.2. The van der Waals surface area contributed by atoms with Crippen LogP contribution >= 0.6 is 11.3 Å². The van der Waals surface area contributed by atoms with Crippen LogP contribution in [0.15, 0.2) is 176 Å². The number of hydrogen-bond donors (Lipinski definition) is 2. The zero-order chi connectivity index (χ0) is 61.6. The van der Waals surface area contributed by atoms with Crippen LogP contribution in [-0.4, -0.2) is 136 Å². The van der Waals surface area contributed by atoms with Crippen LogP contribution in [0.2, 0.25) is 0 Å². The summed E-state index contributed by atoms with van der Waals surface area (Å²) in [7, 11) is 9.10. The van der Waals surface area contributed by atoms with Gasteiger partial charge < -0.3 is 57.8 Å². The van der Waals surface area contributed by atoms with Gasteiger partial charge in [-0.15, -0.1) is 11.3 Å². The number of esters is 2. The molecule has 6 aromatic carbocycles. The number of nitrogens with zero attached hydrogens (tertiary/aromatic N) is 5. The molecule has 2 N–H and O–H groups in total. The molecule has 0 spiro atoms. The molecule has 13 rings (SSSR count). The number of anilines is 2. The molecule has 6 atom stereocenters. The number of carbonyl (C=O) groups excluding carboxylic acids is 3. The smallest absolute Gasteiger partial charge is 0.338 e. The fourth-order valence-electron chi connectivity index (χ4n) is 14.1. The van der Waals surface area contributed by atoms with Gasteiger partial charge in [0.1, 0.15) is 23.5 Å². The van der Waals surface area contributed by atoms with E-state index < -0.39 is 29.6 Å². The van der Waals surface area contributed by atoms with Gasteiger partial charge in [0.15, 0.2) is 11.5 Å². The molecule has 0 bridgehead atoms. The van der Waals surface area contributed by atoms with Gasteiger partial charge in [-0.2, -0.15) is 0 Å². The second-order valence-electron chi connectivity index (χ2n) is 22.9. The van der Waals surface area contributed by atoms with Crippen molar-refractivity contribution in [2.75, 3.05) is 92.1 Å². The summed E-state index contributed by atoms with van der Waals surface area (Å²) in [6.07, 6.45) is 5.03. The van der Waals surface area contributed by atoms with Gasteiger partial charge >= 0.3 is 11.9 Å². The maximum atomic E-state index is 13.5. The van der Waals surface area contributed by atoms with Crippen LogP contribution in [0.1, 0.15) is 72.6 Å². The number of piperidine rings is 1. The number of aromatic amines is 1. The number of nitrogens with one attached hydrogen (secondary N) is 2. The van der Waals surface area contributed by atoms with E-state index in [1.54, 1.807) is 26.4 Å². The minimum Gasteiger partial charge on any atom is -0.497 e. The van der Waals surface area contributed by atoms with Crippen LogP contribution in [0.25, 0.3) is 10.9 Å². The topological polar surface area (TPSA) is 171 Å². The quantitative estimate of drug-likeness (QED) is 0.0652. The predicted octanol–water partition coefficient (Wildman–Crippen LogP) is 11.5. The van der Waals surface area contributed by atoms with E-state index >= 15 is 0 Å². The van der Waals surface area contributed by atoms with Gasteiger partial charge in [-0.05, 0) is 113 Å². The standard InChI is InChI=1S/C38H35N5OS.C33H40N2O9/c44-37(36-17-10-26-45-36)42-24-22-41(23-25-42)35-20-18-33(19-21-35)39-27-34-28-43(29-40-34)38(30-11-4-1-5-12-30,31-13-6-2-7-14-31)32-15-8-3-9-16-32;1-38-19-7-8-20-21-9-10-35-16-18-13-27(44-32(36)17-11-25(39-2)30(41-4)26(12-17)40-3)31(42-5)28(33(37)43-6)22(18)15-24(35)29(21)34-23(20)14-19/h1-21,26,28-29,39H,22-25,27H2;7-8,11-12,14,18,22,24,27-28,31,34H,9-10,13,15-16H2,1-6H3/t;18-,22+,24-,27-,28+,31+/m.1/s1. The average Bonchev–Trinajstić information content (AvgIpc) is 1.76. The molecule has 1 amide bonds. The highest BCUT2D eigenvalue weighted by molar-refractivity contribution is 7.12. The second kappa shape index (κ2) is 26.7. The normalized spacial score (nSPS) is 19.8. The Hall–Kier alpha value is -9.10. The van der Waals surface area contributed by atoms with Gasteiger partial charge in [0.25, 0.3) is 5.91 Å². The lowest BCUT2D eigenvalue weighted by Gasteiger charge is -2.52. The zero-order valence-electron chi connectivity index (χ0n) is 51.0. The highest BCUT2D eigenvalue weighted by atomic mass is 32.1. The van der Waals surface area contributed by atoms with E-state index in [4.69, 9.17) is 38.1 Å². The first-order valence-corrected chi connectivity index (χ1v) is 31.1. The van der Waals surface area contributed by atoms with Gasteiger partial charge in [-0.25, -0.2) is 9.78 Å². The molecular weight excluding hydrogens is 1140 g/mol. The van der Waals surface area contributed by atoms with Crippen molar-refractivity contribution in [1.29, 1.82) is 0 Å². The van der Waals surface area contributed by atoms with Crippen molar-refractivity contribution < 1.29 is 47.5 Å². The summed E-state index contributed by atoms with van der Waals surface area (Å²) in [5.74, 6) is 0.580. The minimum absolute atomic E-state index is 0.0170. The molecule has 89 heavy (non-hydrogen) atoms. The number of H-pyrrole nitrogens is 1. The number of thiophene rings is 1. The maximum Gasteiger partial charge on any atom is 0.338 e. The lowest BCUT2D eigenvalue weighted by molar-refractivity contribution is -0.176. The van der Waals surface area contributed by atoms with E-state index in [-0.39, 0.29) is 35.3 Å². The van der Waals surface area contributed by atoms with Crippen LogP contribution in [0.4, 0.5) is 11.4 Å². The van der Waals surface area contributed by atoms with E-state index in [1.807, 2.05) is 40.9 Å². The fraction of sp³-hybridized carbons (Fsp3) is 0.324. The largest absolute Gasteiger partial charge is 0.497 e. The number of hydrogen-bond acceptors (Lipinski definition) is 15. The number of benzene rings is 6. The molecule has 4 aliphatic rings. The number of aromatic nitrogens is 3. The third-order valence-corrected chi connectivity index (χ3v) is 19.2. The van der Waals surface area contributed by atoms with E-state index in [1.165, 1.54) is 78.8 Å². The molecule has 17 nitrogen and oxygen atoms in total. The first-order valence-electron chi connectivity index (χ1n) is 30.2.